The molecule has 0 aromatic heterocycles. The Morgan fingerprint density at radius 1 is 1.33 bits per heavy atom. The standard InChI is InChI=1S/C14H15Br2FO/c1-18-12-6-11(17)10(15)5-9(12)14(16)13-7-3-2-4-8(7)13/h5-8,13-14H,2-4H2,1H3. The summed E-state index contributed by atoms with van der Waals surface area (Å²) < 4.78 is 19.3. The van der Waals surface area contributed by atoms with Crippen molar-refractivity contribution in [1.29, 1.82) is 0 Å². The molecule has 0 saturated heterocycles. The van der Waals surface area contributed by atoms with Gasteiger partial charge in [0, 0.05) is 16.5 Å². The van der Waals surface area contributed by atoms with Gasteiger partial charge in [-0.1, -0.05) is 22.4 Å². The number of ether oxygens (including phenoxy) is 1. The Morgan fingerprint density at radius 3 is 2.61 bits per heavy atom. The molecular weight excluding hydrogens is 363 g/mol. The number of hydrogen-bond acceptors (Lipinski definition) is 1. The lowest BCUT2D eigenvalue weighted by molar-refractivity contribution is 0.403. The molecule has 98 valence electrons. The normalized spacial score (nSPS) is 31.0. The van der Waals surface area contributed by atoms with Crippen LogP contribution in [0.25, 0.3) is 0 Å². The summed E-state index contributed by atoms with van der Waals surface area (Å²) in [5.41, 5.74) is 1.06. The first-order valence-corrected chi connectivity index (χ1v) is 8.01. The van der Waals surface area contributed by atoms with E-state index in [9.17, 15) is 4.39 Å². The highest BCUT2D eigenvalue weighted by molar-refractivity contribution is 9.10. The fraction of sp³-hybridized carbons (Fsp3) is 0.571. The first kappa shape index (κ1) is 12.9. The van der Waals surface area contributed by atoms with Crippen LogP contribution in [0.2, 0.25) is 0 Å². The fourth-order valence-corrected chi connectivity index (χ4v) is 4.96. The van der Waals surface area contributed by atoms with Crippen molar-refractivity contribution >= 4 is 31.9 Å². The largest absolute Gasteiger partial charge is 0.496 e. The number of methoxy groups -OCH3 is 1. The molecule has 2 aliphatic rings. The van der Waals surface area contributed by atoms with E-state index in [4.69, 9.17) is 4.74 Å². The number of alkyl halides is 1. The summed E-state index contributed by atoms with van der Waals surface area (Å²) in [4.78, 5) is 0.277. The van der Waals surface area contributed by atoms with Crippen LogP contribution in [0.3, 0.4) is 0 Å². The van der Waals surface area contributed by atoms with E-state index in [0.29, 0.717) is 16.1 Å². The van der Waals surface area contributed by atoms with E-state index in [-0.39, 0.29) is 10.6 Å². The van der Waals surface area contributed by atoms with Gasteiger partial charge in [-0.15, -0.1) is 0 Å². The highest BCUT2D eigenvalue weighted by Gasteiger charge is 2.55. The van der Waals surface area contributed by atoms with Gasteiger partial charge in [0.2, 0.25) is 0 Å². The molecule has 0 bridgehead atoms. The van der Waals surface area contributed by atoms with E-state index < -0.39 is 0 Å². The van der Waals surface area contributed by atoms with Gasteiger partial charge < -0.3 is 4.74 Å². The van der Waals surface area contributed by atoms with Crippen LogP contribution in [0.5, 0.6) is 5.75 Å². The van der Waals surface area contributed by atoms with Crippen LogP contribution in [0, 0.1) is 23.6 Å². The van der Waals surface area contributed by atoms with Crippen molar-refractivity contribution in [2.45, 2.75) is 24.1 Å². The number of rotatable bonds is 3. The molecule has 18 heavy (non-hydrogen) atoms. The zero-order valence-corrected chi connectivity index (χ0v) is 13.3. The zero-order valence-electron chi connectivity index (χ0n) is 10.1. The third kappa shape index (κ3) is 2.01. The molecule has 2 fully saturated rings. The van der Waals surface area contributed by atoms with Crippen LogP contribution in [0.15, 0.2) is 16.6 Å². The molecule has 0 amide bonds. The lowest BCUT2D eigenvalue weighted by atomic mass is 10.0. The fourth-order valence-electron chi connectivity index (χ4n) is 3.45. The number of benzene rings is 1. The Balaban J connectivity index is 1.89. The zero-order chi connectivity index (χ0) is 12.9. The molecule has 4 heteroatoms. The summed E-state index contributed by atoms with van der Waals surface area (Å²) in [7, 11) is 1.60. The Bertz CT molecular complexity index is 467. The number of hydrogen-bond donors (Lipinski definition) is 0. The minimum Gasteiger partial charge on any atom is -0.496 e. The highest BCUT2D eigenvalue weighted by Crippen LogP contribution is 2.65. The van der Waals surface area contributed by atoms with E-state index in [2.05, 4.69) is 31.9 Å². The van der Waals surface area contributed by atoms with Crippen molar-refractivity contribution in [3.05, 3.63) is 28.0 Å². The summed E-state index contributed by atoms with van der Waals surface area (Å²) in [5.74, 6) is 2.80. The Morgan fingerprint density at radius 2 is 2.00 bits per heavy atom. The van der Waals surface area contributed by atoms with Crippen LogP contribution in [0.4, 0.5) is 4.39 Å². The van der Waals surface area contributed by atoms with E-state index in [1.54, 1.807) is 7.11 Å². The molecular formula is C14H15Br2FO. The third-order valence-electron chi connectivity index (χ3n) is 4.38. The molecule has 1 aromatic carbocycles. The van der Waals surface area contributed by atoms with Crippen LogP contribution >= 0.6 is 31.9 Å². The monoisotopic (exact) mass is 376 g/mol. The van der Waals surface area contributed by atoms with E-state index >= 15 is 0 Å². The first-order chi connectivity index (χ1) is 8.63. The van der Waals surface area contributed by atoms with Gasteiger partial charge in [-0.3, -0.25) is 0 Å². The predicted octanol–water partition coefficient (Wildman–Crippen LogP) is 5.08. The van der Waals surface area contributed by atoms with E-state index in [0.717, 1.165) is 17.4 Å². The molecule has 2 saturated carbocycles. The predicted molar refractivity (Wildman–Crippen MR) is 76.6 cm³/mol. The average Bonchev–Trinajstić information content (AvgIpc) is 2.84. The first-order valence-electron chi connectivity index (χ1n) is 6.30. The average molecular weight is 378 g/mol. The molecule has 0 heterocycles. The maximum atomic E-state index is 13.5. The molecule has 3 atom stereocenters. The Kier molecular flexibility index (Phi) is 3.43. The Labute approximate surface area is 123 Å². The summed E-state index contributed by atoms with van der Waals surface area (Å²) in [5, 5.41) is 0. The van der Waals surface area contributed by atoms with Crippen molar-refractivity contribution in [2.75, 3.05) is 7.11 Å². The second kappa shape index (κ2) is 4.78. The number of halogens is 3. The van der Waals surface area contributed by atoms with Crippen LogP contribution in [-0.4, -0.2) is 7.11 Å². The quantitative estimate of drug-likeness (QED) is 0.667. The van der Waals surface area contributed by atoms with Crippen molar-refractivity contribution in [3.8, 4) is 5.75 Å². The maximum absolute atomic E-state index is 13.5. The van der Waals surface area contributed by atoms with Crippen molar-refractivity contribution in [1.82, 2.24) is 0 Å². The second-order valence-corrected chi connectivity index (χ2v) is 7.09. The van der Waals surface area contributed by atoms with Crippen LogP contribution < -0.4 is 4.74 Å². The molecule has 1 aromatic rings. The van der Waals surface area contributed by atoms with Crippen molar-refractivity contribution in [3.63, 3.8) is 0 Å². The topological polar surface area (TPSA) is 9.23 Å². The van der Waals surface area contributed by atoms with Crippen molar-refractivity contribution in [2.24, 2.45) is 17.8 Å². The van der Waals surface area contributed by atoms with Gasteiger partial charge in [-0.25, -0.2) is 4.39 Å². The van der Waals surface area contributed by atoms with E-state index in [1.807, 2.05) is 6.07 Å². The molecule has 0 aliphatic heterocycles. The third-order valence-corrected chi connectivity index (χ3v) is 6.09. The smallest absolute Gasteiger partial charge is 0.141 e. The van der Waals surface area contributed by atoms with Gasteiger partial charge in [-0.05, 0) is 52.6 Å². The molecule has 0 radical (unpaired) electrons. The van der Waals surface area contributed by atoms with Gasteiger partial charge in [0.1, 0.15) is 11.6 Å². The van der Waals surface area contributed by atoms with Gasteiger partial charge >= 0.3 is 0 Å². The van der Waals surface area contributed by atoms with Crippen LogP contribution in [-0.2, 0) is 0 Å². The molecule has 3 unspecified atom stereocenters. The van der Waals surface area contributed by atoms with Gasteiger partial charge in [0.05, 0.1) is 11.6 Å². The maximum Gasteiger partial charge on any atom is 0.141 e. The molecule has 2 aliphatic carbocycles. The summed E-state index contributed by atoms with van der Waals surface area (Å²) in [6.45, 7) is 0. The minimum atomic E-state index is -0.272. The van der Waals surface area contributed by atoms with Crippen molar-refractivity contribution < 1.29 is 9.13 Å². The van der Waals surface area contributed by atoms with Gasteiger partial charge in [0.25, 0.3) is 0 Å². The molecule has 0 N–H and O–H groups in total. The van der Waals surface area contributed by atoms with Gasteiger partial charge in [-0.2, -0.15) is 0 Å². The summed E-state index contributed by atoms with van der Waals surface area (Å²) in [6.07, 6.45) is 4.07. The molecule has 1 nitrogen and oxygen atoms in total. The molecule has 0 spiro atoms. The lowest BCUT2D eigenvalue weighted by Crippen LogP contribution is -2.02. The van der Waals surface area contributed by atoms with Gasteiger partial charge in [0.15, 0.2) is 0 Å². The number of fused-ring (bicyclic) bond motifs is 1. The summed E-state index contributed by atoms with van der Waals surface area (Å²) >= 11 is 7.05. The second-order valence-electron chi connectivity index (χ2n) is 5.25. The molecule has 3 rings (SSSR count). The minimum absolute atomic E-state index is 0.272. The Hall–Kier alpha value is -0.0900. The van der Waals surface area contributed by atoms with Crippen LogP contribution in [0.1, 0.15) is 29.7 Å². The summed E-state index contributed by atoms with van der Waals surface area (Å²) in [6, 6.07) is 3.31. The lowest BCUT2D eigenvalue weighted by Gasteiger charge is -2.16. The highest BCUT2D eigenvalue weighted by atomic mass is 79.9. The van der Waals surface area contributed by atoms with E-state index in [1.165, 1.54) is 25.3 Å². The SMILES string of the molecule is COc1cc(F)c(Br)cc1C(Br)C1C2CCCC21.